The molecule has 0 aromatic heterocycles. The van der Waals surface area contributed by atoms with Crippen LogP contribution in [0.25, 0.3) is 0 Å². The summed E-state index contributed by atoms with van der Waals surface area (Å²) in [4.78, 5) is 39.8. The molecule has 158 valence electrons. The van der Waals surface area contributed by atoms with Crippen LogP contribution < -0.4 is 4.90 Å². The third-order valence-corrected chi connectivity index (χ3v) is 5.58. The molecule has 5 nitrogen and oxygen atoms in total. The average molecular weight is 410 g/mol. The van der Waals surface area contributed by atoms with Gasteiger partial charge in [0.1, 0.15) is 5.82 Å². The summed E-state index contributed by atoms with van der Waals surface area (Å²) in [7, 11) is 0. The Bertz CT molecular complexity index is 932. The predicted molar refractivity (Wildman–Crippen MR) is 115 cm³/mol. The van der Waals surface area contributed by atoms with E-state index in [-0.39, 0.29) is 30.3 Å². The summed E-state index contributed by atoms with van der Waals surface area (Å²) in [5.74, 6) is -0.688. The van der Waals surface area contributed by atoms with E-state index in [1.54, 1.807) is 17.0 Å². The van der Waals surface area contributed by atoms with Crippen LogP contribution in [0.2, 0.25) is 0 Å². The summed E-state index contributed by atoms with van der Waals surface area (Å²) < 4.78 is 14.4. The third-order valence-electron chi connectivity index (χ3n) is 5.58. The lowest BCUT2D eigenvalue weighted by molar-refractivity contribution is -0.131. The van der Waals surface area contributed by atoms with Crippen LogP contribution in [-0.2, 0) is 11.2 Å². The molecule has 0 unspecified atom stereocenters. The number of amides is 1. The quantitative estimate of drug-likeness (QED) is 0.650. The van der Waals surface area contributed by atoms with Gasteiger partial charge in [0, 0.05) is 50.1 Å². The van der Waals surface area contributed by atoms with Crippen molar-refractivity contribution in [3.05, 3.63) is 65.0 Å². The first kappa shape index (κ1) is 21.7. The molecule has 3 rings (SSSR count). The fourth-order valence-corrected chi connectivity index (χ4v) is 3.63. The predicted octanol–water partition coefficient (Wildman–Crippen LogP) is 3.90. The maximum Gasteiger partial charge on any atom is 0.223 e. The molecule has 1 fully saturated rings. The van der Waals surface area contributed by atoms with Crippen LogP contribution in [0, 0.1) is 5.82 Å². The summed E-state index contributed by atoms with van der Waals surface area (Å²) in [6.45, 7) is 5.44. The van der Waals surface area contributed by atoms with Gasteiger partial charge in [-0.25, -0.2) is 4.39 Å². The molecule has 1 aliphatic heterocycles. The molecule has 2 aromatic carbocycles. The van der Waals surface area contributed by atoms with E-state index in [0.29, 0.717) is 43.0 Å². The second-order valence-electron chi connectivity index (χ2n) is 7.56. The van der Waals surface area contributed by atoms with Gasteiger partial charge in [0.2, 0.25) is 5.91 Å². The molecule has 1 saturated heterocycles. The Labute approximate surface area is 176 Å². The van der Waals surface area contributed by atoms with Crippen LogP contribution in [-0.4, -0.2) is 48.6 Å². The van der Waals surface area contributed by atoms with Gasteiger partial charge in [0.25, 0.3) is 0 Å². The van der Waals surface area contributed by atoms with Crippen molar-refractivity contribution in [1.82, 2.24) is 4.90 Å². The van der Waals surface area contributed by atoms with E-state index < -0.39 is 5.82 Å². The number of benzene rings is 2. The van der Waals surface area contributed by atoms with Crippen LogP contribution in [0.4, 0.5) is 10.1 Å². The largest absolute Gasteiger partial charge is 0.366 e. The molecule has 1 amide bonds. The number of anilines is 1. The van der Waals surface area contributed by atoms with Gasteiger partial charge >= 0.3 is 0 Å². The fraction of sp³-hybridized carbons (Fsp3) is 0.375. The molecule has 0 saturated carbocycles. The van der Waals surface area contributed by atoms with Gasteiger partial charge < -0.3 is 9.80 Å². The molecule has 0 aliphatic carbocycles. The smallest absolute Gasteiger partial charge is 0.223 e. The van der Waals surface area contributed by atoms with E-state index in [1.807, 2.05) is 29.2 Å². The number of hydrogen-bond acceptors (Lipinski definition) is 4. The molecule has 0 atom stereocenters. The van der Waals surface area contributed by atoms with Crippen molar-refractivity contribution in [1.29, 1.82) is 0 Å². The van der Waals surface area contributed by atoms with E-state index in [1.165, 1.54) is 18.6 Å². The van der Waals surface area contributed by atoms with Gasteiger partial charge in [-0.05, 0) is 37.1 Å². The third kappa shape index (κ3) is 5.12. The average Bonchev–Trinajstić information content (AvgIpc) is 2.77. The van der Waals surface area contributed by atoms with Crippen molar-refractivity contribution in [2.24, 2.45) is 0 Å². The maximum absolute atomic E-state index is 14.4. The Morgan fingerprint density at radius 2 is 1.53 bits per heavy atom. The topological polar surface area (TPSA) is 57.7 Å². The molecule has 0 radical (unpaired) electrons. The Balaban J connectivity index is 1.50. The fourth-order valence-electron chi connectivity index (χ4n) is 3.63. The Morgan fingerprint density at radius 1 is 0.900 bits per heavy atom. The summed E-state index contributed by atoms with van der Waals surface area (Å²) in [5.41, 5.74) is 2.60. The number of hydrogen-bond donors (Lipinski definition) is 0. The standard InChI is InChI=1S/C24H27FN2O3/c1-3-18-4-6-19(7-5-18)23(29)10-11-24(30)27-14-12-26(13-15-27)22-9-8-20(17(2)28)16-21(22)25/h4-9,16H,3,10-15H2,1-2H3. The first-order chi connectivity index (χ1) is 14.4. The first-order valence-electron chi connectivity index (χ1n) is 10.3. The molecule has 1 heterocycles. The van der Waals surface area contributed by atoms with Crippen LogP contribution in [0.1, 0.15) is 53.0 Å². The van der Waals surface area contributed by atoms with E-state index in [9.17, 15) is 18.8 Å². The minimum absolute atomic E-state index is 0.0303. The minimum Gasteiger partial charge on any atom is -0.366 e. The van der Waals surface area contributed by atoms with Crippen molar-refractivity contribution in [2.75, 3.05) is 31.1 Å². The zero-order valence-electron chi connectivity index (χ0n) is 17.5. The van der Waals surface area contributed by atoms with Crippen molar-refractivity contribution in [2.45, 2.75) is 33.1 Å². The molecule has 0 spiro atoms. The minimum atomic E-state index is -0.429. The number of aryl methyl sites for hydroxylation is 1. The Morgan fingerprint density at radius 3 is 2.10 bits per heavy atom. The Kier molecular flexibility index (Phi) is 6.98. The monoisotopic (exact) mass is 410 g/mol. The highest BCUT2D eigenvalue weighted by Crippen LogP contribution is 2.22. The van der Waals surface area contributed by atoms with Crippen molar-refractivity contribution < 1.29 is 18.8 Å². The lowest BCUT2D eigenvalue weighted by atomic mass is 10.0. The zero-order valence-corrected chi connectivity index (χ0v) is 17.5. The molecule has 6 heteroatoms. The normalized spacial score (nSPS) is 14.0. The lowest BCUT2D eigenvalue weighted by Crippen LogP contribution is -2.49. The number of halogens is 1. The summed E-state index contributed by atoms with van der Waals surface area (Å²) in [6.07, 6.45) is 1.28. The van der Waals surface area contributed by atoms with Gasteiger partial charge in [-0.1, -0.05) is 31.2 Å². The van der Waals surface area contributed by atoms with Crippen LogP contribution in [0.15, 0.2) is 42.5 Å². The lowest BCUT2D eigenvalue weighted by Gasteiger charge is -2.36. The van der Waals surface area contributed by atoms with E-state index in [0.717, 1.165) is 6.42 Å². The number of Topliss-reactive ketones (excluding diaryl/α,β-unsaturated/α-hetero) is 2. The highest BCUT2D eigenvalue weighted by molar-refractivity contribution is 5.98. The summed E-state index contributed by atoms with van der Waals surface area (Å²) in [5, 5.41) is 0. The highest BCUT2D eigenvalue weighted by atomic mass is 19.1. The SMILES string of the molecule is CCc1ccc(C(=O)CCC(=O)N2CCN(c3ccc(C(C)=O)cc3F)CC2)cc1. The molecule has 1 aliphatic rings. The van der Waals surface area contributed by atoms with Gasteiger partial charge in [0.05, 0.1) is 5.69 Å². The molecule has 0 bridgehead atoms. The van der Waals surface area contributed by atoms with Crippen LogP contribution in [0.3, 0.4) is 0 Å². The number of piperazine rings is 1. The molecule has 2 aromatic rings. The van der Waals surface area contributed by atoms with Crippen molar-refractivity contribution in [3.63, 3.8) is 0 Å². The molecule has 30 heavy (non-hydrogen) atoms. The summed E-state index contributed by atoms with van der Waals surface area (Å²) >= 11 is 0. The van der Waals surface area contributed by atoms with E-state index in [4.69, 9.17) is 0 Å². The number of ketones is 2. The van der Waals surface area contributed by atoms with Gasteiger partial charge in [-0.2, -0.15) is 0 Å². The van der Waals surface area contributed by atoms with Crippen molar-refractivity contribution >= 4 is 23.2 Å². The maximum atomic E-state index is 14.4. The first-order valence-corrected chi connectivity index (χ1v) is 10.3. The number of carbonyl (C=O) groups excluding carboxylic acids is 3. The van der Waals surface area contributed by atoms with E-state index >= 15 is 0 Å². The number of rotatable bonds is 7. The van der Waals surface area contributed by atoms with Crippen molar-refractivity contribution in [3.8, 4) is 0 Å². The van der Waals surface area contributed by atoms with Crippen LogP contribution >= 0.6 is 0 Å². The van der Waals surface area contributed by atoms with Crippen LogP contribution in [0.5, 0.6) is 0 Å². The molecular weight excluding hydrogens is 383 g/mol. The van der Waals surface area contributed by atoms with Gasteiger partial charge in [-0.3, -0.25) is 14.4 Å². The second-order valence-corrected chi connectivity index (χ2v) is 7.56. The number of carbonyl (C=O) groups is 3. The highest BCUT2D eigenvalue weighted by Gasteiger charge is 2.23. The molecule has 0 N–H and O–H groups in total. The van der Waals surface area contributed by atoms with E-state index in [2.05, 4.69) is 6.92 Å². The summed E-state index contributed by atoms with van der Waals surface area (Å²) in [6, 6.07) is 12.0. The van der Waals surface area contributed by atoms with Gasteiger partial charge in [-0.15, -0.1) is 0 Å². The Hall–Kier alpha value is -3.02. The number of nitrogens with zero attached hydrogens (tertiary/aromatic N) is 2. The zero-order chi connectivity index (χ0) is 21.7. The second kappa shape index (κ2) is 9.65. The van der Waals surface area contributed by atoms with Gasteiger partial charge in [0.15, 0.2) is 11.6 Å². The molecular formula is C24H27FN2O3.